The summed E-state index contributed by atoms with van der Waals surface area (Å²) in [6.07, 6.45) is 9.28. The Balaban J connectivity index is 1.45. The monoisotopic (exact) mass is 444 g/mol. The second kappa shape index (κ2) is 7.59. The number of ether oxygens (including phenoxy) is 1. The molecule has 1 spiro atoms. The molecule has 7 nitrogen and oxygen atoms in total. The van der Waals surface area contributed by atoms with Crippen molar-refractivity contribution >= 4 is 40.6 Å². The highest BCUT2D eigenvalue weighted by Crippen LogP contribution is 2.43. The summed E-state index contributed by atoms with van der Waals surface area (Å²) in [5, 5.41) is 1.44. The lowest BCUT2D eigenvalue weighted by atomic mass is 9.77. The molecule has 5 rings (SSSR count). The second-order valence-electron chi connectivity index (χ2n) is 8.37. The molecule has 0 bridgehead atoms. The molecule has 9 heteroatoms. The number of anilines is 2. The third-order valence-corrected chi connectivity index (χ3v) is 8.00. The van der Waals surface area contributed by atoms with Crippen LogP contribution >= 0.6 is 23.4 Å². The van der Waals surface area contributed by atoms with Crippen LogP contribution in [0, 0.1) is 12.3 Å². The molecule has 0 aliphatic carbocycles. The lowest BCUT2D eigenvalue weighted by molar-refractivity contribution is 0.0976. The molecule has 0 radical (unpaired) electrons. The summed E-state index contributed by atoms with van der Waals surface area (Å²) in [6.45, 7) is 7.05. The highest BCUT2D eigenvalue weighted by molar-refractivity contribution is 7.99. The minimum atomic E-state index is 0.332. The van der Waals surface area contributed by atoms with Crippen LogP contribution in [0.3, 0.4) is 0 Å². The van der Waals surface area contributed by atoms with Crippen molar-refractivity contribution < 1.29 is 4.74 Å². The van der Waals surface area contributed by atoms with E-state index in [1.165, 1.54) is 11.8 Å². The van der Waals surface area contributed by atoms with Gasteiger partial charge < -0.3 is 15.4 Å². The molecule has 5 heterocycles. The normalized spacial score (nSPS) is 21.0. The van der Waals surface area contributed by atoms with Gasteiger partial charge in [-0.1, -0.05) is 23.4 Å². The van der Waals surface area contributed by atoms with Crippen LogP contribution in [0.2, 0.25) is 5.02 Å². The Morgan fingerprint density at radius 3 is 2.80 bits per heavy atom. The van der Waals surface area contributed by atoms with E-state index in [1.54, 1.807) is 6.20 Å². The first-order chi connectivity index (χ1) is 14.5. The molecule has 2 aliphatic rings. The summed E-state index contributed by atoms with van der Waals surface area (Å²) >= 11 is 7.90. The van der Waals surface area contributed by atoms with Gasteiger partial charge in [-0.2, -0.15) is 0 Å². The Hall–Kier alpha value is -2.03. The number of hydrogen-bond acceptors (Lipinski definition) is 7. The van der Waals surface area contributed by atoms with Gasteiger partial charge in [0.15, 0.2) is 11.5 Å². The average molecular weight is 445 g/mol. The van der Waals surface area contributed by atoms with Gasteiger partial charge in [0.05, 0.1) is 23.4 Å². The molecule has 2 aliphatic heterocycles. The first kappa shape index (κ1) is 19.9. The highest BCUT2D eigenvalue weighted by Gasteiger charge is 2.41. The van der Waals surface area contributed by atoms with E-state index < -0.39 is 0 Å². The smallest absolute Gasteiger partial charge is 0.181 e. The zero-order valence-electron chi connectivity index (χ0n) is 17.1. The molecule has 0 saturated carbocycles. The summed E-state index contributed by atoms with van der Waals surface area (Å²) in [6, 6.07) is 1.87. The van der Waals surface area contributed by atoms with Crippen LogP contribution in [0.25, 0.3) is 5.65 Å². The van der Waals surface area contributed by atoms with Crippen LogP contribution in [0.4, 0.5) is 11.6 Å². The molecule has 2 N–H and O–H groups in total. The number of halogens is 1. The fourth-order valence-corrected chi connectivity index (χ4v) is 5.81. The maximum absolute atomic E-state index is 6.37. The number of rotatable bonds is 3. The van der Waals surface area contributed by atoms with Gasteiger partial charge in [-0.15, -0.1) is 0 Å². The summed E-state index contributed by atoms with van der Waals surface area (Å²) in [7, 11) is 0. The van der Waals surface area contributed by atoms with E-state index in [-0.39, 0.29) is 0 Å². The topological polar surface area (TPSA) is 81.6 Å². The first-order valence-corrected chi connectivity index (χ1v) is 11.4. The molecule has 158 valence electrons. The van der Waals surface area contributed by atoms with Crippen LogP contribution in [0.5, 0.6) is 0 Å². The van der Waals surface area contributed by atoms with Crippen LogP contribution in [0.1, 0.15) is 31.9 Å². The Morgan fingerprint density at radius 1 is 1.27 bits per heavy atom. The number of nitrogens with zero attached hydrogens (tertiary/aromatic N) is 5. The van der Waals surface area contributed by atoms with Crippen LogP contribution in [0.15, 0.2) is 34.6 Å². The summed E-state index contributed by atoms with van der Waals surface area (Å²) in [5.41, 5.74) is 8.02. The number of hydrogen-bond donors (Lipinski definition) is 1. The number of pyridine rings is 1. The van der Waals surface area contributed by atoms with Crippen LogP contribution in [-0.4, -0.2) is 45.2 Å². The third kappa shape index (κ3) is 3.40. The molecule has 3 aromatic heterocycles. The first-order valence-electron chi connectivity index (χ1n) is 10.2. The predicted molar refractivity (Wildman–Crippen MR) is 119 cm³/mol. The summed E-state index contributed by atoms with van der Waals surface area (Å²) in [4.78, 5) is 16.9. The largest absolute Gasteiger partial charge is 0.382 e. The lowest BCUT2D eigenvalue weighted by Gasteiger charge is -2.39. The van der Waals surface area contributed by atoms with Gasteiger partial charge in [-0.25, -0.2) is 15.0 Å². The molecule has 0 unspecified atom stereocenters. The van der Waals surface area contributed by atoms with Crippen molar-refractivity contribution in [2.75, 3.05) is 30.3 Å². The fraction of sp³-hybridized carbons (Fsp3) is 0.476. The van der Waals surface area contributed by atoms with E-state index >= 15 is 0 Å². The number of aryl methyl sites for hydroxylation is 1. The van der Waals surface area contributed by atoms with E-state index in [0.29, 0.717) is 22.4 Å². The number of nitrogens with two attached hydrogens (primary N) is 1. The van der Waals surface area contributed by atoms with Gasteiger partial charge in [0.1, 0.15) is 10.8 Å². The molecule has 0 aromatic carbocycles. The molecule has 3 aromatic rings. The van der Waals surface area contributed by atoms with Crippen LogP contribution in [-0.2, 0) is 4.74 Å². The number of piperidine rings is 1. The summed E-state index contributed by atoms with van der Waals surface area (Å²) in [5.74, 6) is 1.28. The molecule has 30 heavy (non-hydrogen) atoms. The average Bonchev–Trinajstić information content (AvgIpc) is 3.35. The molecule has 2 fully saturated rings. The van der Waals surface area contributed by atoms with Crippen LogP contribution < -0.4 is 10.6 Å². The van der Waals surface area contributed by atoms with Gasteiger partial charge in [-0.3, -0.25) is 4.40 Å². The van der Waals surface area contributed by atoms with Gasteiger partial charge >= 0.3 is 0 Å². The highest BCUT2D eigenvalue weighted by atomic mass is 35.5. The third-order valence-electron chi connectivity index (χ3n) is 6.25. The van der Waals surface area contributed by atoms with Crippen molar-refractivity contribution in [1.82, 2.24) is 19.4 Å². The molecular formula is C21H25ClN6OS. The maximum Gasteiger partial charge on any atom is 0.181 e. The van der Waals surface area contributed by atoms with Gasteiger partial charge in [0.25, 0.3) is 0 Å². The van der Waals surface area contributed by atoms with Gasteiger partial charge in [0, 0.05) is 36.6 Å². The molecule has 2 saturated heterocycles. The molecular weight excluding hydrogens is 420 g/mol. The Labute approximate surface area is 185 Å². The standard InChI is InChI=1S/C21H25ClN6OS/c1-13-11-21(12-29-13)4-8-27(9-5-21)19-18-25-7-10-28(18)20(14(2)26-19)30-15-3-6-24-17(23)16(15)22/h3,6-7,10,13H,4-5,8-9,11-12H2,1-2H3,(H2,23,24)/t13-/m0/s1. The van der Waals surface area contributed by atoms with Gasteiger partial charge in [0.2, 0.25) is 0 Å². The van der Waals surface area contributed by atoms with E-state index in [2.05, 4.69) is 26.2 Å². The van der Waals surface area contributed by atoms with Gasteiger partial charge in [-0.05, 0) is 44.6 Å². The van der Waals surface area contributed by atoms with Crippen molar-refractivity contribution in [1.29, 1.82) is 0 Å². The van der Waals surface area contributed by atoms with E-state index in [0.717, 1.165) is 66.0 Å². The quantitative estimate of drug-likeness (QED) is 0.647. The summed E-state index contributed by atoms with van der Waals surface area (Å²) < 4.78 is 7.97. The Kier molecular flexibility index (Phi) is 5.03. The van der Waals surface area contributed by atoms with Crippen molar-refractivity contribution in [3.05, 3.63) is 35.4 Å². The van der Waals surface area contributed by atoms with E-state index in [4.69, 9.17) is 27.1 Å². The Bertz CT molecular complexity index is 1090. The minimum absolute atomic E-state index is 0.332. The fourth-order valence-electron chi connectivity index (χ4n) is 4.61. The number of nitrogen functional groups attached to an aromatic ring is 1. The Morgan fingerprint density at radius 2 is 2.07 bits per heavy atom. The molecule has 0 amide bonds. The number of fused-ring (bicyclic) bond motifs is 1. The van der Waals surface area contributed by atoms with E-state index in [9.17, 15) is 0 Å². The number of imidazole rings is 1. The zero-order valence-corrected chi connectivity index (χ0v) is 18.7. The van der Waals surface area contributed by atoms with Crippen molar-refractivity contribution in [3.8, 4) is 0 Å². The van der Waals surface area contributed by atoms with Crippen molar-refractivity contribution in [3.63, 3.8) is 0 Å². The molecule has 1 atom stereocenters. The number of aromatic nitrogens is 4. The maximum atomic E-state index is 6.37. The second-order valence-corrected chi connectivity index (χ2v) is 9.78. The van der Waals surface area contributed by atoms with Crippen molar-refractivity contribution in [2.24, 2.45) is 5.41 Å². The van der Waals surface area contributed by atoms with Crippen molar-refractivity contribution in [2.45, 2.75) is 49.1 Å². The predicted octanol–water partition coefficient (Wildman–Crippen LogP) is 4.21. The minimum Gasteiger partial charge on any atom is -0.382 e. The van der Waals surface area contributed by atoms with E-state index in [1.807, 2.05) is 25.4 Å². The SMILES string of the molecule is Cc1nc(N2CCC3(CC2)CO[C@@H](C)C3)c2nccn2c1Sc1ccnc(N)c1Cl. The lowest BCUT2D eigenvalue weighted by Crippen LogP contribution is -2.41. The zero-order chi connectivity index (χ0) is 20.9.